The third kappa shape index (κ3) is 3.53. The summed E-state index contributed by atoms with van der Waals surface area (Å²) in [6.45, 7) is 0. The van der Waals surface area contributed by atoms with Crippen molar-refractivity contribution in [1.82, 2.24) is 14.8 Å². The Balaban J connectivity index is 1.64. The standard InChI is InChI=1S/C19H18ClN3OS/c1-24-17-10-9-15(20)11-14(17)12-25-19-22-21-18(13-7-8-13)23(19)16-5-3-2-4-6-16/h2-6,9-11,13H,7-8,12H2,1H3. The third-order valence-electron chi connectivity index (χ3n) is 4.21. The molecule has 0 aliphatic heterocycles. The molecule has 2 aromatic carbocycles. The van der Waals surface area contributed by atoms with Crippen LogP contribution in [-0.4, -0.2) is 21.9 Å². The molecule has 4 nitrogen and oxygen atoms in total. The Morgan fingerprint density at radius 3 is 2.68 bits per heavy atom. The Kier molecular flexibility index (Phi) is 4.68. The second-order valence-corrected chi connectivity index (χ2v) is 7.41. The second-order valence-electron chi connectivity index (χ2n) is 6.03. The van der Waals surface area contributed by atoms with E-state index in [-0.39, 0.29) is 0 Å². The van der Waals surface area contributed by atoms with Gasteiger partial charge in [-0.05, 0) is 43.2 Å². The zero-order chi connectivity index (χ0) is 17.2. The van der Waals surface area contributed by atoms with E-state index >= 15 is 0 Å². The lowest BCUT2D eigenvalue weighted by atomic mass is 10.2. The molecule has 1 heterocycles. The number of thioether (sulfide) groups is 1. The highest BCUT2D eigenvalue weighted by Crippen LogP contribution is 2.41. The van der Waals surface area contributed by atoms with Crippen LogP contribution in [0.1, 0.15) is 30.1 Å². The predicted molar refractivity (Wildman–Crippen MR) is 101 cm³/mol. The van der Waals surface area contributed by atoms with E-state index in [0.29, 0.717) is 10.9 Å². The molecule has 0 bridgehead atoms. The Labute approximate surface area is 156 Å². The first-order chi connectivity index (χ1) is 12.3. The molecule has 0 N–H and O–H groups in total. The van der Waals surface area contributed by atoms with E-state index in [4.69, 9.17) is 16.3 Å². The maximum atomic E-state index is 6.14. The lowest BCUT2D eigenvalue weighted by molar-refractivity contribution is 0.411. The highest BCUT2D eigenvalue weighted by molar-refractivity contribution is 7.98. The Morgan fingerprint density at radius 2 is 1.96 bits per heavy atom. The molecule has 0 amide bonds. The molecule has 1 aliphatic carbocycles. The van der Waals surface area contributed by atoms with Crippen molar-refractivity contribution < 1.29 is 4.74 Å². The van der Waals surface area contributed by atoms with Gasteiger partial charge < -0.3 is 4.74 Å². The number of rotatable bonds is 6. The van der Waals surface area contributed by atoms with Crippen LogP contribution >= 0.6 is 23.4 Å². The van der Waals surface area contributed by atoms with Crippen molar-refractivity contribution in [3.8, 4) is 11.4 Å². The van der Waals surface area contributed by atoms with Crippen LogP contribution in [0.4, 0.5) is 0 Å². The highest BCUT2D eigenvalue weighted by atomic mass is 35.5. The van der Waals surface area contributed by atoms with Gasteiger partial charge in [-0.2, -0.15) is 0 Å². The molecule has 0 atom stereocenters. The average molecular weight is 372 g/mol. The van der Waals surface area contributed by atoms with Crippen molar-refractivity contribution in [3.63, 3.8) is 0 Å². The van der Waals surface area contributed by atoms with Gasteiger partial charge in [-0.15, -0.1) is 10.2 Å². The molecule has 4 rings (SSSR count). The maximum Gasteiger partial charge on any atom is 0.196 e. The maximum absolute atomic E-state index is 6.14. The van der Waals surface area contributed by atoms with Crippen molar-refractivity contribution in [1.29, 1.82) is 0 Å². The van der Waals surface area contributed by atoms with Gasteiger partial charge in [0.2, 0.25) is 0 Å². The van der Waals surface area contributed by atoms with Gasteiger partial charge in [-0.3, -0.25) is 4.57 Å². The number of hydrogen-bond donors (Lipinski definition) is 0. The van der Waals surface area contributed by atoms with Crippen molar-refractivity contribution in [3.05, 3.63) is 64.9 Å². The summed E-state index contributed by atoms with van der Waals surface area (Å²) in [5.74, 6) is 3.15. The van der Waals surface area contributed by atoms with E-state index in [2.05, 4.69) is 26.9 Å². The topological polar surface area (TPSA) is 39.9 Å². The monoisotopic (exact) mass is 371 g/mol. The van der Waals surface area contributed by atoms with Gasteiger partial charge in [0.15, 0.2) is 5.16 Å². The molecule has 128 valence electrons. The van der Waals surface area contributed by atoms with Gasteiger partial charge in [-0.25, -0.2) is 0 Å². The van der Waals surface area contributed by atoms with Gasteiger partial charge in [0, 0.05) is 27.9 Å². The summed E-state index contributed by atoms with van der Waals surface area (Å²) in [5.41, 5.74) is 2.16. The number of ether oxygens (including phenoxy) is 1. The summed E-state index contributed by atoms with van der Waals surface area (Å²) in [4.78, 5) is 0. The van der Waals surface area contributed by atoms with Crippen LogP contribution in [0.25, 0.3) is 5.69 Å². The molecule has 3 aromatic rings. The van der Waals surface area contributed by atoms with Crippen LogP contribution in [-0.2, 0) is 5.75 Å². The first kappa shape index (κ1) is 16.5. The second kappa shape index (κ2) is 7.10. The van der Waals surface area contributed by atoms with Crippen molar-refractivity contribution in [2.24, 2.45) is 0 Å². The fraction of sp³-hybridized carbons (Fsp3) is 0.263. The van der Waals surface area contributed by atoms with Crippen molar-refractivity contribution in [2.75, 3.05) is 7.11 Å². The van der Waals surface area contributed by atoms with E-state index in [0.717, 1.165) is 33.7 Å². The minimum absolute atomic E-state index is 0.530. The molecule has 1 aliphatic rings. The lowest BCUT2D eigenvalue weighted by Crippen LogP contribution is -2.01. The number of hydrogen-bond acceptors (Lipinski definition) is 4. The summed E-state index contributed by atoms with van der Waals surface area (Å²) in [7, 11) is 1.68. The summed E-state index contributed by atoms with van der Waals surface area (Å²) >= 11 is 7.79. The first-order valence-corrected chi connectivity index (χ1v) is 9.58. The number of aromatic nitrogens is 3. The largest absolute Gasteiger partial charge is 0.496 e. The molecular formula is C19H18ClN3OS. The normalized spacial score (nSPS) is 13.8. The molecule has 1 fully saturated rings. The summed E-state index contributed by atoms with van der Waals surface area (Å²) in [6.07, 6.45) is 2.38. The van der Waals surface area contributed by atoms with Crippen LogP contribution in [0.2, 0.25) is 5.02 Å². The average Bonchev–Trinajstić information content (AvgIpc) is 3.40. The third-order valence-corrected chi connectivity index (χ3v) is 5.43. The van der Waals surface area contributed by atoms with Gasteiger partial charge >= 0.3 is 0 Å². The minimum Gasteiger partial charge on any atom is -0.496 e. The number of nitrogens with zero attached hydrogens (tertiary/aromatic N) is 3. The fourth-order valence-electron chi connectivity index (χ4n) is 2.80. The SMILES string of the molecule is COc1ccc(Cl)cc1CSc1nnc(C2CC2)n1-c1ccccc1. The van der Waals surface area contributed by atoms with Crippen LogP contribution in [0, 0.1) is 0 Å². The number of benzene rings is 2. The fourth-order valence-corrected chi connectivity index (χ4v) is 3.93. The van der Waals surface area contributed by atoms with Crippen LogP contribution < -0.4 is 4.74 Å². The van der Waals surface area contributed by atoms with Gasteiger partial charge in [0.05, 0.1) is 7.11 Å². The molecule has 25 heavy (non-hydrogen) atoms. The smallest absolute Gasteiger partial charge is 0.196 e. The van der Waals surface area contributed by atoms with Crippen LogP contribution in [0.3, 0.4) is 0 Å². The minimum atomic E-state index is 0.530. The van der Waals surface area contributed by atoms with Crippen molar-refractivity contribution in [2.45, 2.75) is 29.7 Å². The molecule has 1 saturated carbocycles. The summed E-state index contributed by atoms with van der Waals surface area (Å²) in [6, 6.07) is 16.0. The Hall–Kier alpha value is -1.98. The van der Waals surface area contributed by atoms with E-state index in [9.17, 15) is 0 Å². The zero-order valence-electron chi connectivity index (χ0n) is 13.9. The number of para-hydroxylation sites is 1. The lowest BCUT2D eigenvalue weighted by Gasteiger charge is -2.11. The molecular weight excluding hydrogens is 354 g/mol. The van der Waals surface area contributed by atoms with Crippen molar-refractivity contribution >= 4 is 23.4 Å². The zero-order valence-corrected chi connectivity index (χ0v) is 15.4. The summed E-state index contributed by atoms with van der Waals surface area (Å²) < 4.78 is 7.62. The number of halogens is 1. The molecule has 1 aromatic heterocycles. The van der Waals surface area contributed by atoms with Crippen LogP contribution in [0.5, 0.6) is 5.75 Å². The Morgan fingerprint density at radius 1 is 1.16 bits per heavy atom. The van der Waals surface area contributed by atoms with E-state index in [1.165, 1.54) is 12.8 Å². The van der Waals surface area contributed by atoms with Gasteiger partial charge in [0.25, 0.3) is 0 Å². The molecule has 0 saturated heterocycles. The van der Waals surface area contributed by atoms with E-state index < -0.39 is 0 Å². The van der Waals surface area contributed by atoms with E-state index in [1.807, 2.05) is 36.4 Å². The molecule has 6 heteroatoms. The van der Waals surface area contributed by atoms with E-state index in [1.54, 1.807) is 18.9 Å². The molecule has 0 spiro atoms. The molecule has 0 radical (unpaired) electrons. The van der Waals surface area contributed by atoms with Gasteiger partial charge in [-0.1, -0.05) is 41.6 Å². The van der Waals surface area contributed by atoms with Gasteiger partial charge in [0.1, 0.15) is 11.6 Å². The summed E-state index contributed by atoms with van der Waals surface area (Å²) in [5, 5.41) is 10.5. The molecule has 0 unspecified atom stereocenters. The highest BCUT2D eigenvalue weighted by Gasteiger charge is 2.31. The quantitative estimate of drug-likeness (QED) is 0.565. The first-order valence-electron chi connectivity index (χ1n) is 8.22. The predicted octanol–water partition coefficient (Wildman–Crippen LogP) is 5.10. The Bertz CT molecular complexity index is 878. The van der Waals surface area contributed by atoms with Crippen LogP contribution in [0.15, 0.2) is 53.7 Å². The number of methoxy groups -OCH3 is 1.